The number of hydrogen-bond acceptors (Lipinski definition) is 4. The van der Waals surface area contributed by atoms with Crippen molar-refractivity contribution < 1.29 is 17.7 Å². The Hall–Kier alpha value is -2.63. The molecule has 102 valence electrons. The molecule has 3 rings (SSSR count). The van der Waals surface area contributed by atoms with Crippen molar-refractivity contribution in [2.75, 3.05) is 5.73 Å². The van der Waals surface area contributed by atoms with E-state index in [2.05, 4.69) is 5.16 Å². The van der Waals surface area contributed by atoms with E-state index in [9.17, 15) is 8.78 Å². The van der Waals surface area contributed by atoms with E-state index in [1.54, 1.807) is 13.0 Å². The van der Waals surface area contributed by atoms with Gasteiger partial charge in [0.15, 0.2) is 11.6 Å². The number of nitrogens with zero attached hydrogens (tertiary/aromatic N) is 1. The number of furan rings is 1. The van der Waals surface area contributed by atoms with Crippen LogP contribution in [0, 0.1) is 18.6 Å². The topological polar surface area (TPSA) is 65.2 Å². The minimum atomic E-state index is -0.699. The van der Waals surface area contributed by atoms with Crippen molar-refractivity contribution in [2.45, 2.75) is 6.92 Å². The van der Waals surface area contributed by atoms with E-state index < -0.39 is 11.6 Å². The van der Waals surface area contributed by atoms with Crippen LogP contribution >= 0.6 is 0 Å². The molecule has 0 spiro atoms. The number of aromatic nitrogens is 1. The SMILES string of the molecule is Cc1occc1-c1onc(N)c1-c1cc(F)cc(F)c1. The minimum Gasteiger partial charge on any atom is -0.469 e. The van der Waals surface area contributed by atoms with Crippen LogP contribution in [0.5, 0.6) is 0 Å². The van der Waals surface area contributed by atoms with Crippen LogP contribution in [0.2, 0.25) is 0 Å². The number of nitrogens with two attached hydrogens (primary N) is 1. The summed E-state index contributed by atoms with van der Waals surface area (Å²) in [5.41, 5.74) is 6.98. The first kappa shape index (κ1) is 12.4. The fraction of sp³-hybridized carbons (Fsp3) is 0.0714. The summed E-state index contributed by atoms with van der Waals surface area (Å²) in [5, 5.41) is 3.67. The van der Waals surface area contributed by atoms with Gasteiger partial charge in [0, 0.05) is 6.07 Å². The Morgan fingerprint density at radius 1 is 1.15 bits per heavy atom. The van der Waals surface area contributed by atoms with Gasteiger partial charge in [-0.3, -0.25) is 0 Å². The van der Waals surface area contributed by atoms with Gasteiger partial charge >= 0.3 is 0 Å². The first-order valence-corrected chi connectivity index (χ1v) is 5.82. The first-order valence-electron chi connectivity index (χ1n) is 5.82. The number of nitrogen functional groups attached to an aromatic ring is 1. The standard InChI is InChI=1S/C14H10F2N2O2/c1-7-11(2-3-19-7)13-12(14(17)18-20-13)8-4-9(15)6-10(16)5-8/h2-6H,1H3,(H2,17,18). The molecule has 0 atom stereocenters. The van der Waals surface area contributed by atoms with Crippen LogP contribution in [0.25, 0.3) is 22.5 Å². The summed E-state index contributed by atoms with van der Waals surface area (Å²) >= 11 is 0. The highest BCUT2D eigenvalue weighted by molar-refractivity contribution is 5.87. The maximum Gasteiger partial charge on any atom is 0.180 e. The fourth-order valence-corrected chi connectivity index (χ4v) is 2.08. The maximum absolute atomic E-state index is 13.4. The molecule has 0 unspecified atom stereocenters. The summed E-state index contributed by atoms with van der Waals surface area (Å²) in [7, 11) is 0. The molecular weight excluding hydrogens is 266 g/mol. The van der Waals surface area contributed by atoms with Crippen LogP contribution < -0.4 is 5.73 Å². The molecule has 0 saturated heterocycles. The second-order valence-electron chi connectivity index (χ2n) is 4.32. The van der Waals surface area contributed by atoms with Gasteiger partial charge in [-0.1, -0.05) is 5.16 Å². The van der Waals surface area contributed by atoms with Crippen molar-refractivity contribution in [2.24, 2.45) is 0 Å². The number of benzene rings is 1. The molecule has 3 aromatic rings. The summed E-state index contributed by atoms with van der Waals surface area (Å²) < 4.78 is 37.1. The second-order valence-corrected chi connectivity index (χ2v) is 4.32. The summed E-state index contributed by atoms with van der Waals surface area (Å²) in [6, 6.07) is 4.81. The molecule has 1 aromatic carbocycles. The molecule has 0 saturated carbocycles. The zero-order valence-corrected chi connectivity index (χ0v) is 10.5. The smallest absolute Gasteiger partial charge is 0.180 e. The molecule has 2 aromatic heterocycles. The molecule has 20 heavy (non-hydrogen) atoms. The second kappa shape index (κ2) is 4.48. The minimum absolute atomic E-state index is 0.0607. The van der Waals surface area contributed by atoms with Crippen LogP contribution in [-0.4, -0.2) is 5.16 Å². The van der Waals surface area contributed by atoms with Crippen LogP contribution in [0.15, 0.2) is 39.5 Å². The van der Waals surface area contributed by atoms with Crippen molar-refractivity contribution in [1.29, 1.82) is 0 Å². The third kappa shape index (κ3) is 1.95. The third-order valence-corrected chi connectivity index (χ3v) is 2.97. The van der Waals surface area contributed by atoms with E-state index in [4.69, 9.17) is 14.7 Å². The highest BCUT2D eigenvalue weighted by Gasteiger charge is 2.21. The van der Waals surface area contributed by atoms with Crippen molar-refractivity contribution in [3.05, 3.63) is 47.9 Å². The summed E-state index contributed by atoms with van der Waals surface area (Å²) in [6.45, 7) is 1.74. The highest BCUT2D eigenvalue weighted by Crippen LogP contribution is 2.38. The lowest BCUT2D eigenvalue weighted by molar-refractivity contribution is 0.434. The lowest BCUT2D eigenvalue weighted by Crippen LogP contribution is -1.91. The molecule has 6 heteroatoms. The van der Waals surface area contributed by atoms with Gasteiger partial charge in [0.2, 0.25) is 0 Å². The molecule has 4 nitrogen and oxygen atoms in total. The quantitative estimate of drug-likeness (QED) is 0.773. The number of rotatable bonds is 2. The summed E-state index contributed by atoms with van der Waals surface area (Å²) in [6.07, 6.45) is 1.49. The Morgan fingerprint density at radius 3 is 2.45 bits per heavy atom. The number of hydrogen-bond donors (Lipinski definition) is 1. The maximum atomic E-state index is 13.4. The van der Waals surface area contributed by atoms with Gasteiger partial charge in [0.1, 0.15) is 17.4 Å². The summed E-state index contributed by atoms with van der Waals surface area (Å²) in [5.74, 6) is -0.422. The van der Waals surface area contributed by atoms with Gasteiger partial charge in [-0.25, -0.2) is 8.78 Å². The van der Waals surface area contributed by atoms with Crippen molar-refractivity contribution in [3.63, 3.8) is 0 Å². The molecule has 0 aliphatic rings. The molecule has 0 fully saturated rings. The Labute approximate surface area is 112 Å². The van der Waals surface area contributed by atoms with Crippen LogP contribution in [0.4, 0.5) is 14.6 Å². The third-order valence-electron chi connectivity index (χ3n) is 2.97. The van der Waals surface area contributed by atoms with Gasteiger partial charge in [0.05, 0.1) is 17.4 Å². The van der Waals surface area contributed by atoms with E-state index in [1.165, 1.54) is 18.4 Å². The highest BCUT2D eigenvalue weighted by atomic mass is 19.1. The van der Waals surface area contributed by atoms with Gasteiger partial charge < -0.3 is 14.7 Å². The monoisotopic (exact) mass is 276 g/mol. The lowest BCUT2D eigenvalue weighted by atomic mass is 10.0. The predicted molar refractivity (Wildman–Crippen MR) is 68.7 cm³/mol. The van der Waals surface area contributed by atoms with Gasteiger partial charge in [-0.05, 0) is 30.7 Å². The van der Waals surface area contributed by atoms with Crippen LogP contribution in [-0.2, 0) is 0 Å². The Balaban J connectivity index is 2.24. The molecule has 0 bridgehead atoms. The number of halogens is 2. The molecule has 0 radical (unpaired) electrons. The van der Waals surface area contributed by atoms with Gasteiger partial charge in [0.25, 0.3) is 0 Å². The van der Waals surface area contributed by atoms with Crippen molar-refractivity contribution in [1.82, 2.24) is 5.16 Å². The first-order chi connectivity index (χ1) is 9.56. The Morgan fingerprint density at radius 2 is 1.85 bits per heavy atom. The normalized spacial score (nSPS) is 10.9. The largest absolute Gasteiger partial charge is 0.469 e. The molecule has 2 N–H and O–H groups in total. The van der Waals surface area contributed by atoms with E-state index in [0.717, 1.165) is 6.07 Å². The zero-order valence-electron chi connectivity index (χ0n) is 10.5. The molecule has 2 heterocycles. The van der Waals surface area contributed by atoms with E-state index in [-0.39, 0.29) is 11.4 Å². The molecular formula is C14H10F2N2O2. The number of anilines is 1. The van der Waals surface area contributed by atoms with E-state index in [0.29, 0.717) is 22.6 Å². The molecule has 0 aliphatic heterocycles. The Bertz CT molecular complexity index is 757. The van der Waals surface area contributed by atoms with E-state index in [1.807, 2.05) is 0 Å². The predicted octanol–water partition coefficient (Wildman–Crippen LogP) is 3.77. The van der Waals surface area contributed by atoms with Crippen molar-refractivity contribution in [3.8, 4) is 22.5 Å². The average Bonchev–Trinajstić information content (AvgIpc) is 2.93. The summed E-state index contributed by atoms with van der Waals surface area (Å²) in [4.78, 5) is 0. The van der Waals surface area contributed by atoms with Crippen LogP contribution in [0.1, 0.15) is 5.76 Å². The van der Waals surface area contributed by atoms with Gasteiger partial charge in [-0.2, -0.15) is 0 Å². The Kier molecular flexibility index (Phi) is 2.78. The van der Waals surface area contributed by atoms with Crippen LogP contribution in [0.3, 0.4) is 0 Å². The lowest BCUT2D eigenvalue weighted by Gasteiger charge is -2.03. The fourth-order valence-electron chi connectivity index (χ4n) is 2.08. The van der Waals surface area contributed by atoms with Gasteiger partial charge in [-0.15, -0.1) is 0 Å². The number of aryl methyl sites for hydroxylation is 1. The molecule has 0 aliphatic carbocycles. The van der Waals surface area contributed by atoms with Crippen molar-refractivity contribution >= 4 is 5.82 Å². The zero-order chi connectivity index (χ0) is 14.3. The molecule has 0 amide bonds. The average molecular weight is 276 g/mol. The van der Waals surface area contributed by atoms with E-state index >= 15 is 0 Å².